The number of aliphatic hydroxyl groups is 2. The summed E-state index contributed by atoms with van der Waals surface area (Å²) in [7, 11) is 0. The van der Waals surface area contributed by atoms with Gasteiger partial charge in [-0.1, -0.05) is 63.9 Å². The molecule has 60 heavy (non-hydrogen) atoms. The van der Waals surface area contributed by atoms with Crippen molar-refractivity contribution >= 4 is 11.8 Å². The van der Waals surface area contributed by atoms with Crippen molar-refractivity contribution in [2.75, 3.05) is 39.6 Å². The van der Waals surface area contributed by atoms with Crippen LogP contribution in [0, 0.1) is 37.0 Å². The van der Waals surface area contributed by atoms with Gasteiger partial charge in [0.15, 0.2) is 0 Å². The molecule has 330 valence electrons. The number of unbranched alkanes of at least 4 members (excludes halogenated alkanes) is 2. The maximum atomic E-state index is 14.5. The van der Waals surface area contributed by atoms with Gasteiger partial charge in [-0.05, 0) is 123 Å². The fourth-order valence-corrected chi connectivity index (χ4v) is 9.52. The second kappa shape index (κ2) is 20.8. The maximum Gasteiger partial charge on any atom is 0.410 e. The highest BCUT2D eigenvalue weighted by Crippen LogP contribution is 2.62. The van der Waals surface area contributed by atoms with Crippen molar-refractivity contribution in [1.82, 2.24) is 4.90 Å². The lowest BCUT2D eigenvalue weighted by Crippen LogP contribution is -2.70. The first-order valence-corrected chi connectivity index (χ1v) is 22.5. The predicted octanol–water partition coefficient (Wildman–Crippen LogP) is 10.2. The van der Waals surface area contributed by atoms with Crippen molar-refractivity contribution in [3.63, 3.8) is 0 Å². The van der Waals surface area contributed by atoms with Crippen LogP contribution < -0.4 is 9.47 Å². The van der Waals surface area contributed by atoms with Crippen LogP contribution in [0.4, 0.5) is 4.79 Å². The predicted molar refractivity (Wildman–Crippen MR) is 233 cm³/mol. The minimum atomic E-state index is -1.37. The van der Waals surface area contributed by atoms with Crippen molar-refractivity contribution in [3.05, 3.63) is 77.4 Å². The number of fused-ring (bicyclic) bond motifs is 2. The molecular weight excluding hydrogens is 761 g/mol. The Balaban J connectivity index is 1.57. The number of nitrogens with zero attached hydrogens (tertiary/aromatic N) is 2. The number of aryl methyl sites for hydroxylation is 2. The quantitative estimate of drug-likeness (QED) is 0.0808. The standard InChI is InChI=1S/C49H70N2O9/c1-8-23-51(47(54)56-32-48(5,6)7)43-31-41(50-60-44-18-12-15-27-55-44)39-29-35(16-10-13-24-52)38(17-11-14-25-53)45-40-30-37(58-36-20-19-33(3)34(4)28-36)21-22-42(40)59-49(43,46(39)45)57-26-9-2/h9,19-22,28-30,35,38,43-46,52-53H,2,8,10-18,23-27,31-32H2,1,3-7H3/t35-,38+,43-,44?,45+,46+,49+/m0/s1. The zero-order valence-corrected chi connectivity index (χ0v) is 37.0. The number of carbonyl (C=O) groups excluding carboxylic acids is 1. The Labute approximate surface area is 358 Å². The Morgan fingerprint density at radius 1 is 1.02 bits per heavy atom. The topological polar surface area (TPSA) is 129 Å². The Morgan fingerprint density at radius 3 is 2.45 bits per heavy atom. The van der Waals surface area contributed by atoms with E-state index in [0.29, 0.717) is 50.3 Å². The largest absolute Gasteiger partial charge is 0.459 e. The summed E-state index contributed by atoms with van der Waals surface area (Å²) < 4.78 is 33.2. The molecule has 7 atom stereocenters. The molecule has 0 spiro atoms. The van der Waals surface area contributed by atoms with Crippen LogP contribution in [-0.2, 0) is 19.0 Å². The van der Waals surface area contributed by atoms with Gasteiger partial charge in [-0.15, -0.1) is 6.58 Å². The highest BCUT2D eigenvalue weighted by atomic mass is 16.8. The number of aliphatic hydroxyl groups excluding tert-OH is 2. The molecule has 1 saturated heterocycles. The fourth-order valence-electron chi connectivity index (χ4n) is 9.52. The molecule has 1 amide bonds. The van der Waals surface area contributed by atoms with Crippen molar-refractivity contribution in [2.45, 2.75) is 136 Å². The first kappa shape index (κ1) is 45.6. The Bertz CT molecular complexity index is 1810. The molecule has 11 nitrogen and oxygen atoms in total. The number of oxime groups is 1. The van der Waals surface area contributed by atoms with E-state index in [1.54, 1.807) is 11.0 Å². The van der Waals surface area contributed by atoms with Gasteiger partial charge in [0, 0.05) is 44.1 Å². The molecule has 1 saturated carbocycles. The molecule has 2 N–H and O–H groups in total. The third kappa shape index (κ3) is 10.6. The van der Waals surface area contributed by atoms with Crippen LogP contribution in [0.5, 0.6) is 17.2 Å². The third-order valence-electron chi connectivity index (χ3n) is 12.5. The smallest absolute Gasteiger partial charge is 0.410 e. The fraction of sp³-hybridized carbons (Fsp3) is 0.633. The van der Waals surface area contributed by atoms with Gasteiger partial charge in [0.2, 0.25) is 12.1 Å². The number of amides is 1. The molecule has 2 aliphatic carbocycles. The van der Waals surface area contributed by atoms with E-state index in [9.17, 15) is 15.0 Å². The molecule has 2 aromatic rings. The molecule has 2 fully saturated rings. The second-order valence-corrected chi connectivity index (χ2v) is 18.3. The molecular formula is C49H70N2O9. The Hall–Kier alpha value is -3.90. The first-order valence-electron chi connectivity index (χ1n) is 22.5. The lowest BCUT2D eigenvalue weighted by atomic mass is 9.55. The molecule has 2 heterocycles. The summed E-state index contributed by atoms with van der Waals surface area (Å²) in [5.74, 6) is 0.343. The lowest BCUT2D eigenvalue weighted by molar-refractivity contribution is -0.255. The van der Waals surface area contributed by atoms with Gasteiger partial charge in [0.1, 0.15) is 23.3 Å². The molecule has 0 radical (unpaired) electrons. The van der Waals surface area contributed by atoms with E-state index in [1.807, 2.05) is 39.0 Å². The number of carbonyl (C=O) groups is 1. The summed E-state index contributed by atoms with van der Waals surface area (Å²) in [6, 6.07) is 11.5. The van der Waals surface area contributed by atoms with Crippen molar-refractivity contribution < 1.29 is 43.5 Å². The minimum Gasteiger partial charge on any atom is -0.459 e. The van der Waals surface area contributed by atoms with Crippen LogP contribution in [0.15, 0.2) is 65.9 Å². The third-order valence-corrected chi connectivity index (χ3v) is 12.5. The Morgan fingerprint density at radius 2 is 1.77 bits per heavy atom. The average molecular weight is 831 g/mol. The van der Waals surface area contributed by atoms with Gasteiger partial charge >= 0.3 is 6.09 Å². The van der Waals surface area contributed by atoms with Crippen LogP contribution in [-0.4, -0.2) is 84.6 Å². The Kier molecular flexibility index (Phi) is 15.8. The highest BCUT2D eigenvalue weighted by molar-refractivity contribution is 6.03. The zero-order chi connectivity index (χ0) is 42.9. The van der Waals surface area contributed by atoms with Crippen molar-refractivity contribution in [2.24, 2.45) is 28.3 Å². The zero-order valence-electron chi connectivity index (χ0n) is 37.0. The minimum absolute atomic E-state index is 0.0882. The van der Waals surface area contributed by atoms with E-state index in [1.165, 1.54) is 5.56 Å². The maximum absolute atomic E-state index is 14.5. The number of benzene rings is 2. The number of hydrogen-bond acceptors (Lipinski definition) is 10. The van der Waals surface area contributed by atoms with Gasteiger partial charge in [-0.2, -0.15) is 0 Å². The van der Waals surface area contributed by atoms with Crippen molar-refractivity contribution in [1.29, 1.82) is 0 Å². The molecule has 2 aromatic carbocycles. The average Bonchev–Trinajstić information content (AvgIpc) is 3.23. The van der Waals surface area contributed by atoms with E-state index in [-0.39, 0.29) is 49.6 Å². The molecule has 1 unspecified atom stereocenters. The van der Waals surface area contributed by atoms with Gasteiger partial charge < -0.3 is 38.7 Å². The number of hydrogen-bond donors (Lipinski definition) is 2. The molecule has 11 heteroatoms. The summed E-state index contributed by atoms with van der Waals surface area (Å²) in [4.78, 5) is 22.6. The van der Waals surface area contributed by atoms with Gasteiger partial charge in [0.25, 0.3) is 0 Å². The first-order chi connectivity index (χ1) is 28.9. The van der Waals surface area contributed by atoms with Gasteiger partial charge in [-0.3, -0.25) is 4.90 Å². The lowest BCUT2D eigenvalue weighted by Gasteiger charge is -2.60. The molecule has 0 bridgehead atoms. The summed E-state index contributed by atoms with van der Waals surface area (Å²) in [6.07, 6.45) is 11.7. The summed E-state index contributed by atoms with van der Waals surface area (Å²) in [6.45, 7) is 18.1. The van der Waals surface area contributed by atoms with E-state index < -0.39 is 30.1 Å². The van der Waals surface area contributed by atoms with Gasteiger partial charge in [-0.25, -0.2) is 4.79 Å². The molecule has 6 rings (SSSR count). The van der Waals surface area contributed by atoms with Crippen LogP contribution in [0.2, 0.25) is 0 Å². The van der Waals surface area contributed by atoms with Crippen molar-refractivity contribution in [3.8, 4) is 17.2 Å². The molecule has 4 aliphatic rings. The van der Waals surface area contributed by atoms with E-state index >= 15 is 0 Å². The second-order valence-electron chi connectivity index (χ2n) is 18.3. The monoisotopic (exact) mass is 831 g/mol. The summed E-state index contributed by atoms with van der Waals surface area (Å²) in [5, 5.41) is 24.9. The molecule has 2 aliphatic heterocycles. The van der Waals surface area contributed by atoms with E-state index in [2.05, 4.69) is 51.6 Å². The van der Waals surface area contributed by atoms with Crippen LogP contribution in [0.25, 0.3) is 0 Å². The summed E-state index contributed by atoms with van der Waals surface area (Å²) in [5.41, 5.74) is 4.82. The number of allylic oxidation sites excluding steroid dienone is 1. The van der Waals surface area contributed by atoms with Gasteiger partial charge in [0.05, 0.1) is 31.5 Å². The van der Waals surface area contributed by atoms with E-state index in [0.717, 1.165) is 73.1 Å². The van der Waals surface area contributed by atoms with Crippen LogP contribution in [0.1, 0.15) is 121 Å². The summed E-state index contributed by atoms with van der Waals surface area (Å²) >= 11 is 0. The number of ether oxygens (including phenoxy) is 5. The van der Waals surface area contributed by atoms with Crippen LogP contribution >= 0.6 is 0 Å². The normalized spacial score (nSPS) is 26.6. The SMILES string of the molecule is C=CCO[C@@]12Oc3ccc(Oc4ccc(C)c(C)c4)cc3[C@H]3[C@H](CCCCO)[C@@H](CCCCO)C=C(C(=NOC4CCCCO4)C[C@@H]1N(CCC)C(=O)OCC(C)(C)C)[C@H]32. The molecule has 0 aromatic heterocycles. The van der Waals surface area contributed by atoms with E-state index in [4.69, 9.17) is 33.7 Å². The highest BCUT2D eigenvalue weighted by Gasteiger charge is 2.65. The van der Waals surface area contributed by atoms with Crippen LogP contribution in [0.3, 0.4) is 0 Å². The number of rotatable bonds is 19.